The van der Waals surface area contributed by atoms with Gasteiger partial charge in [0.25, 0.3) is 0 Å². The van der Waals surface area contributed by atoms with Crippen molar-refractivity contribution in [3.05, 3.63) is 67.0 Å². The van der Waals surface area contributed by atoms with Gasteiger partial charge in [-0.25, -0.2) is 18.2 Å². The number of hydrogen-bond acceptors (Lipinski definition) is 7. The van der Waals surface area contributed by atoms with Crippen molar-refractivity contribution < 1.29 is 17.9 Å². The number of carbonyl (C=O) groups is 1. The standard InChI is InChI=1S/C24H26N4O4S/c1-33(30,31)21-9-7-19(8-10-21)22-16-27-23(17-25-22)26-15-18-11-13-28(14-12-18)24(29)32-20-5-3-2-4-6-20/h2-10,16-18H,11-15H2,1H3,(H,26,27). The lowest BCUT2D eigenvalue weighted by Crippen LogP contribution is -2.41. The monoisotopic (exact) mass is 466 g/mol. The van der Waals surface area contributed by atoms with Crippen LogP contribution in [0.1, 0.15) is 12.8 Å². The smallest absolute Gasteiger partial charge is 0.410 e. The average Bonchev–Trinajstić information content (AvgIpc) is 2.83. The summed E-state index contributed by atoms with van der Waals surface area (Å²) < 4.78 is 28.6. The van der Waals surface area contributed by atoms with Gasteiger partial charge in [0.1, 0.15) is 11.6 Å². The summed E-state index contributed by atoms with van der Waals surface area (Å²) in [5, 5.41) is 3.32. The molecule has 0 unspecified atom stereocenters. The number of carbonyl (C=O) groups excluding carboxylic acids is 1. The zero-order valence-electron chi connectivity index (χ0n) is 18.3. The maximum Gasteiger partial charge on any atom is 0.415 e. The van der Waals surface area contributed by atoms with E-state index in [1.165, 1.54) is 6.26 Å². The Labute approximate surface area is 193 Å². The number of anilines is 1. The molecule has 2 aromatic carbocycles. The fourth-order valence-electron chi connectivity index (χ4n) is 3.66. The lowest BCUT2D eigenvalue weighted by molar-refractivity contribution is 0.132. The van der Waals surface area contributed by atoms with Gasteiger partial charge in [0, 0.05) is 31.5 Å². The van der Waals surface area contributed by atoms with Gasteiger partial charge in [-0.1, -0.05) is 30.3 Å². The maximum atomic E-state index is 12.3. The van der Waals surface area contributed by atoms with Crippen molar-refractivity contribution in [1.29, 1.82) is 0 Å². The van der Waals surface area contributed by atoms with E-state index in [1.54, 1.807) is 53.7 Å². The molecular weight excluding hydrogens is 440 g/mol. The molecule has 1 N–H and O–H groups in total. The molecule has 1 aromatic heterocycles. The highest BCUT2D eigenvalue weighted by Crippen LogP contribution is 2.21. The third-order valence-electron chi connectivity index (χ3n) is 5.62. The fourth-order valence-corrected chi connectivity index (χ4v) is 4.29. The summed E-state index contributed by atoms with van der Waals surface area (Å²) in [6.45, 7) is 2.07. The van der Waals surface area contributed by atoms with Crippen LogP contribution in [-0.4, -0.2) is 55.3 Å². The van der Waals surface area contributed by atoms with Crippen LogP contribution in [0.15, 0.2) is 71.9 Å². The Morgan fingerprint density at radius 3 is 2.33 bits per heavy atom. The number of likely N-dealkylation sites (tertiary alicyclic amines) is 1. The molecule has 0 radical (unpaired) electrons. The lowest BCUT2D eigenvalue weighted by Gasteiger charge is -2.31. The van der Waals surface area contributed by atoms with Gasteiger partial charge in [0.2, 0.25) is 0 Å². The molecule has 0 saturated carbocycles. The van der Waals surface area contributed by atoms with Gasteiger partial charge in [-0.3, -0.25) is 4.98 Å². The molecule has 1 aliphatic heterocycles. The molecule has 9 heteroatoms. The van der Waals surface area contributed by atoms with Gasteiger partial charge in [0.05, 0.1) is 23.0 Å². The Bertz CT molecular complexity index is 1180. The highest BCUT2D eigenvalue weighted by atomic mass is 32.2. The number of nitrogens with zero attached hydrogens (tertiary/aromatic N) is 3. The van der Waals surface area contributed by atoms with Crippen molar-refractivity contribution in [2.45, 2.75) is 17.7 Å². The summed E-state index contributed by atoms with van der Waals surface area (Å²) in [5.74, 6) is 1.66. The first-order valence-electron chi connectivity index (χ1n) is 10.8. The minimum absolute atomic E-state index is 0.275. The van der Waals surface area contributed by atoms with E-state index in [4.69, 9.17) is 4.74 Å². The molecule has 1 fully saturated rings. The van der Waals surface area contributed by atoms with Gasteiger partial charge < -0.3 is 15.0 Å². The molecular formula is C24H26N4O4S. The number of amides is 1. The number of nitrogens with one attached hydrogen (secondary N) is 1. The molecule has 0 aliphatic carbocycles. The number of rotatable bonds is 6. The molecule has 172 valence electrons. The number of ether oxygens (including phenoxy) is 1. The molecule has 33 heavy (non-hydrogen) atoms. The van der Waals surface area contributed by atoms with Crippen LogP contribution in [0.2, 0.25) is 0 Å². The Balaban J connectivity index is 1.24. The normalized spacial score (nSPS) is 14.6. The number of aromatic nitrogens is 2. The zero-order chi connectivity index (χ0) is 23.3. The summed E-state index contributed by atoms with van der Waals surface area (Å²) in [6.07, 6.45) is 5.98. The molecule has 1 saturated heterocycles. The van der Waals surface area contributed by atoms with E-state index in [1.807, 2.05) is 18.2 Å². The second-order valence-electron chi connectivity index (χ2n) is 8.08. The molecule has 1 amide bonds. The summed E-state index contributed by atoms with van der Waals surface area (Å²) in [4.78, 5) is 23.2. The van der Waals surface area contributed by atoms with Crippen LogP contribution < -0.4 is 10.1 Å². The largest absolute Gasteiger partial charge is 0.415 e. The summed E-state index contributed by atoms with van der Waals surface area (Å²) in [6, 6.07) is 15.7. The van der Waals surface area contributed by atoms with Crippen LogP contribution in [0, 0.1) is 5.92 Å². The highest BCUT2D eigenvalue weighted by Gasteiger charge is 2.24. The molecule has 8 nitrogen and oxygen atoms in total. The van der Waals surface area contributed by atoms with E-state index >= 15 is 0 Å². The number of benzene rings is 2. The van der Waals surface area contributed by atoms with Gasteiger partial charge in [-0.15, -0.1) is 0 Å². The summed E-state index contributed by atoms with van der Waals surface area (Å²) in [7, 11) is -3.22. The number of sulfone groups is 1. The van der Waals surface area contributed by atoms with Crippen LogP contribution in [-0.2, 0) is 9.84 Å². The molecule has 0 spiro atoms. The topological polar surface area (TPSA) is 101 Å². The lowest BCUT2D eigenvalue weighted by atomic mass is 9.97. The van der Waals surface area contributed by atoms with Crippen LogP contribution in [0.3, 0.4) is 0 Å². The number of para-hydroxylation sites is 1. The van der Waals surface area contributed by atoms with Crippen LogP contribution in [0.25, 0.3) is 11.3 Å². The van der Waals surface area contributed by atoms with Gasteiger partial charge in [0.15, 0.2) is 9.84 Å². The van der Waals surface area contributed by atoms with E-state index < -0.39 is 9.84 Å². The highest BCUT2D eigenvalue weighted by molar-refractivity contribution is 7.90. The second-order valence-corrected chi connectivity index (χ2v) is 10.1. The first-order chi connectivity index (χ1) is 15.9. The van der Waals surface area contributed by atoms with E-state index in [-0.39, 0.29) is 11.0 Å². The van der Waals surface area contributed by atoms with Gasteiger partial charge in [-0.05, 0) is 43.0 Å². The number of piperidine rings is 1. The van der Waals surface area contributed by atoms with E-state index in [0.717, 1.165) is 24.9 Å². The SMILES string of the molecule is CS(=O)(=O)c1ccc(-c2cnc(NCC3CCN(C(=O)Oc4ccccc4)CC3)cn2)cc1. The summed E-state index contributed by atoms with van der Waals surface area (Å²) >= 11 is 0. The van der Waals surface area contributed by atoms with Crippen LogP contribution >= 0.6 is 0 Å². The van der Waals surface area contributed by atoms with Crippen molar-refractivity contribution in [2.75, 3.05) is 31.2 Å². The molecule has 0 bridgehead atoms. The minimum Gasteiger partial charge on any atom is -0.410 e. The molecule has 0 atom stereocenters. The maximum absolute atomic E-state index is 12.3. The minimum atomic E-state index is -3.22. The van der Waals surface area contributed by atoms with Crippen molar-refractivity contribution >= 4 is 21.7 Å². The molecule has 2 heterocycles. The van der Waals surface area contributed by atoms with E-state index in [2.05, 4.69) is 15.3 Å². The van der Waals surface area contributed by atoms with E-state index in [0.29, 0.717) is 36.3 Å². The molecule has 4 rings (SSSR count). The Hall–Kier alpha value is -3.46. The Morgan fingerprint density at radius 2 is 1.73 bits per heavy atom. The number of hydrogen-bond donors (Lipinski definition) is 1. The molecule has 1 aliphatic rings. The predicted octanol–water partition coefficient (Wildman–Crippen LogP) is 3.87. The van der Waals surface area contributed by atoms with Gasteiger partial charge in [-0.2, -0.15) is 0 Å². The predicted molar refractivity (Wildman–Crippen MR) is 126 cm³/mol. The van der Waals surface area contributed by atoms with Crippen molar-refractivity contribution in [3.8, 4) is 17.0 Å². The summed E-state index contributed by atoms with van der Waals surface area (Å²) in [5.41, 5.74) is 1.47. The van der Waals surface area contributed by atoms with Crippen LogP contribution in [0.4, 0.5) is 10.6 Å². The fraction of sp³-hybridized carbons (Fsp3) is 0.292. The average molecular weight is 467 g/mol. The van der Waals surface area contributed by atoms with E-state index in [9.17, 15) is 13.2 Å². The third-order valence-corrected chi connectivity index (χ3v) is 6.75. The first-order valence-corrected chi connectivity index (χ1v) is 12.7. The second kappa shape index (κ2) is 9.99. The zero-order valence-corrected chi connectivity index (χ0v) is 19.2. The van der Waals surface area contributed by atoms with Crippen molar-refractivity contribution in [1.82, 2.24) is 14.9 Å². The van der Waals surface area contributed by atoms with Gasteiger partial charge >= 0.3 is 6.09 Å². The quantitative estimate of drug-likeness (QED) is 0.588. The third kappa shape index (κ3) is 6.07. The van der Waals surface area contributed by atoms with Crippen molar-refractivity contribution in [2.24, 2.45) is 5.92 Å². The van der Waals surface area contributed by atoms with Crippen LogP contribution in [0.5, 0.6) is 5.75 Å². The Kier molecular flexibility index (Phi) is 6.88. The molecule has 3 aromatic rings. The van der Waals surface area contributed by atoms with Crippen molar-refractivity contribution in [3.63, 3.8) is 0 Å². The first kappa shape index (κ1) is 22.7. The Morgan fingerprint density at radius 1 is 1.03 bits per heavy atom.